The molecule has 2 aliphatic rings. The number of aliphatic imine (C=N–C) groups is 1. The Kier molecular flexibility index (Phi) is 5.32. The average molecular weight is 409 g/mol. The molecule has 1 saturated heterocycles. The average Bonchev–Trinajstić information content (AvgIpc) is 2.99. The van der Waals surface area contributed by atoms with Gasteiger partial charge in [0.05, 0.1) is 0 Å². The van der Waals surface area contributed by atoms with Crippen LogP contribution in [0.3, 0.4) is 0 Å². The highest BCUT2D eigenvalue weighted by atomic mass is 32.2. The summed E-state index contributed by atoms with van der Waals surface area (Å²) in [6, 6.07) is 14.0. The van der Waals surface area contributed by atoms with E-state index in [1.165, 1.54) is 11.8 Å². The van der Waals surface area contributed by atoms with Gasteiger partial charge >= 0.3 is 0 Å². The lowest BCUT2D eigenvalue weighted by molar-refractivity contribution is -0.128. The van der Waals surface area contributed by atoms with Crippen LogP contribution in [0.5, 0.6) is 0 Å². The third-order valence-corrected chi connectivity index (χ3v) is 6.40. The molecule has 0 radical (unpaired) electrons. The number of amidine groups is 1. The first-order chi connectivity index (χ1) is 13.9. The quantitative estimate of drug-likeness (QED) is 0.838. The van der Waals surface area contributed by atoms with Gasteiger partial charge in [-0.25, -0.2) is 4.99 Å². The molecule has 6 nitrogen and oxygen atoms in total. The largest absolute Gasteiger partial charge is 0.333 e. The standard InChI is InChI=1S/C22H24N4O2S/c1-14-8-9-17(16(3)10-14)24-20(27)11-19-21(28)26-13-25(12-23-22(26)29-19)18-7-5-4-6-15(18)2/h4-10,19H,11-13H2,1-3H3,(H,24,27). The van der Waals surface area contributed by atoms with Crippen LogP contribution < -0.4 is 10.2 Å². The minimum absolute atomic E-state index is 0.0530. The van der Waals surface area contributed by atoms with Crippen LogP contribution in [0.2, 0.25) is 0 Å². The number of thioether (sulfide) groups is 1. The van der Waals surface area contributed by atoms with E-state index in [0.717, 1.165) is 28.1 Å². The van der Waals surface area contributed by atoms with E-state index in [0.29, 0.717) is 18.5 Å². The van der Waals surface area contributed by atoms with Gasteiger partial charge in [-0.05, 0) is 44.0 Å². The van der Waals surface area contributed by atoms with E-state index in [2.05, 4.69) is 28.2 Å². The highest BCUT2D eigenvalue weighted by Crippen LogP contribution is 2.33. The molecule has 2 aromatic rings. The van der Waals surface area contributed by atoms with Crippen molar-refractivity contribution in [2.75, 3.05) is 23.6 Å². The zero-order valence-corrected chi connectivity index (χ0v) is 17.6. The Morgan fingerprint density at radius 1 is 1.17 bits per heavy atom. The second-order valence-corrected chi connectivity index (χ2v) is 8.66. The summed E-state index contributed by atoms with van der Waals surface area (Å²) in [6.45, 7) is 7.01. The van der Waals surface area contributed by atoms with Gasteiger partial charge in [0.15, 0.2) is 5.17 Å². The maximum absolute atomic E-state index is 12.9. The molecule has 1 atom stereocenters. The molecular formula is C22H24N4O2S. The Morgan fingerprint density at radius 2 is 1.97 bits per heavy atom. The first kappa shape index (κ1) is 19.5. The summed E-state index contributed by atoms with van der Waals surface area (Å²) in [7, 11) is 0. The van der Waals surface area contributed by atoms with Crippen molar-refractivity contribution in [1.29, 1.82) is 0 Å². The molecular weight excluding hydrogens is 384 g/mol. The van der Waals surface area contributed by atoms with Gasteiger partial charge in [-0.3, -0.25) is 14.5 Å². The molecule has 150 valence electrons. The molecule has 1 N–H and O–H groups in total. The molecule has 0 aromatic heterocycles. The molecule has 0 spiro atoms. The molecule has 1 fully saturated rings. The third-order valence-electron chi connectivity index (χ3n) is 5.19. The number of nitrogens with zero attached hydrogens (tertiary/aromatic N) is 3. The topological polar surface area (TPSA) is 65.0 Å². The molecule has 4 rings (SSSR count). The van der Waals surface area contributed by atoms with Gasteiger partial charge in [0, 0.05) is 17.8 Å². The van der Waals surface area contributed by atoms with Crippen LogP contribution in [0.15, 0.2) is 47.5 Å². The highest BCUT2D eigenvalue weighted by Gasteiger charge is 2.41. The van der Waals surface area contributed by atoms with Gasteiger partial charge in [0.2, 0.25) is 11.8 Å². The number of amides is 2. The van der Waals surface area contributed by atoms with Crippen molar-refractivity contribution in [2.45, 2.75) is 32.4 Å². The second kappa shape index (κ2) is 7.91. The molecule has 2 heterocycles. The van der Waals surface area contributed by atoms with Crippen LogP contribution in [0.1, 0.15) is 23.1 Å². The van der Waals surface area contributed by atoms with E-state index in [1.54, 1.807) is 4.90 Å². The minimum Gasteiger partial charge on any atom is -0.333 e. The fraction of sp³-hybridized carbons (Fsp3) is 0.318. The van der Waals surface area contributed by atoms with Crippen molar-refractivity contribution in [3.8, 4) is 0 Å². The maximum Gasteiger partial charge on any atom is 0.244 e. The number of para-hydroxylation sites is 1. The van der Waals surface area contributed by atoms with E-state index < -0.39 is 5.25 Å². The van der Waals surface area contributed by atoms with Crippen molar-refractivity contribution in [2.24, 2.45) is 4.99 Å². The maximum atomic E-state index is 12.9. The monoisotopic (exact) mass is 408 g/mol. The van der Waals surface area contributed by atoms with Gasteiger partial charge in [0.25, 0.3) is 0 Å². The number of aryl methyl sites for hydroxylation is 3. The normalized spacial score (nSPS) is 18.5. The van der Waals surface area contributed by atoms with E-state index in [1.807, 2.05) is 50.2 Å². The first-order valence-electron chi connectivity index (χ1n) is 9.62. The smallest absolute Gasteiger partial charge is 0.244 e. The summed E-state index contributed by atoms with van der Waals surface area (Å²) in [4.78, 5) is 33.8. The number of nitrogens with one attached hydrogen (secondary N) is 1. The summed E-state index contributed by atoms with van der Waals surface area (Å²) in [5.74, 6) is -0.207. The van der Waals surface area contributed by atoms with Gasteiger partial charge in [-0.1, -0.05) is 47.7 Å². The van der Waals surface area contributed by atoms with E-state index in [-0.39, 0.29) is 18.2 Å². The van der Waals surface area contributed by atoms with Crippen molar-refractivity contribution in [1.82, 2.24) is 4.90 Å². The van der Waals surface area contributed by atoms with Crippen LogP contribution >= 0.6 is 11.8 Å². The lowest BCUT2D eigenvalue weighted by Crippen LogP contribution is -2.46. The zero-order valence-electron chi connectivity index (χ0n) is 16.8. The number of fused-ring (bicyclic) bond motifs is 1. The molecule has 1 unspecified atom stereocenters. The van der Waals surface area contributed by atoms with Crippen molar-refractivity contribution >= 4 is 40.1 Å². The molecule has 7 heteroatoms. The molecule has 29 heavy (non-hydrogen) atoms. The predicted molar refractivity (Wildman–Crippen MR) is 118 cm³/mol. The minimum atomic E-state index is -0.434. The van der Waals surface area contributed by atoms with Crippen LogP contribution in [0.4, 0.5) is 11.4 Å². The Morgan fingerprint density at radius 3 is 2.72 bits per heavy atom. The molecule has 0 bridgehead atoms. The molecule has 2 aliphatic heterocycles. The molecule has 2 amide bonds. The SMILES string of the molecule is Cc1ccc(NC(=O)CC2SC3=NCN(c4ccccc4C)CN3C2=O)c(C)c1. The zero-order chi connectivity index (χ0) is 20.5. The lowest BCUT2D eigenvalue weighted by atomic mass is 10.1. The molecule has 0 saturated carbocycles. The van der Waals surface area contributed by atoms with Crippen LogP contribution in [0, 0.1) is 20.8 Å². The van der Waals surface area contributed by atoms with Gasteiger partial charge in [0.1, 0.15) is 18.6 Å². The number of anilines is 2. The Hall–Kier alpha value is -2.80. The summed E-state index contributed by atoms with van der Waals surface area (Å²) < 4.78 is 0. The number of rotatable bonds is 4. The Labute approximate surface area is 175 Å². The number of carbonyl (C=O) groups is 2. The van der Waals surface area contributed by atoms with E-state index in [4.69, 9.17) is 0 Å². The third kappa shape index (κ3) is 4.00. The van der Waals surface area contributed by atoms with Crippen molar-refractivity contribution in [3.63, 3.8) is 0 Å². The van der Waals surface area contributed by atoms with Crippen LogP contribution in [0.25, 0.3) is 0 Å². The Bertz CT molecular complexity index is 1000. The number of benzene rings is 2. The van der Waals surface area contributed by atoms with Crippen molar-refractivity contribution < 1.29 is 9.59 Å². The van der Waals surface area contributed by atoms with Crippen molar-refractivity contribution in [3.05, 3.63) is 59.2 Å². The summed E-state index contributed by atoms with van der Waals surface area (Å²) in [5, 5.41) is 3.21. The van der Waals surface area contributed by atoms with Gasteiger partial charge < -0.3 is 10.2 Å². The van der Waals surface area contributed by atoms with Crippen LogP contribution in [-0.4, -0.2) is 40.5 Å². The lowest BCUT2D eigenvalue weighted by Gasteiger charge is -2.33. The fourth-order valence-electron chi connectivity index (χ4n) is 3.65. The highest BCUT2D eigenvalue weighted by molar-refractivity contribution is 8.15. The predicted octanol–water partition coefficient (Wildman–Crippen LogP) is 3.68. The van der Waals surface area contributed by atoms with E-state index >= 15 is 0 Å². The summed E-state index contributed by atoms with van der Waals surface area (Å²) in [6.07, 6.45) is 0.136. The molecule has 2 aromatic carbocycles. The van der Waals surface area contributed by atoms with Gasteiger partial charge in [-0.2, -0.15) is 0 Å². The van der Waals surface area contributed by atoms with Gasteiger partial charge in [-0.15, -0.1) is 0 Å². The fourth-order valence-corrected chi connectivity index (χ4v) is 4.77. The number of hydrogen-bond donors (Lipinski definition) is 1. The first-order valence-corrected chi connectivity index (χ1v) is 10.5. The number of carbonyl (C=O) groups excluding carboxylic acids is 2. The van der Waals surface area contributed by atoms with Crippen LogP contribution in [-0.2, 0) is 9.59 Å². The van der Waals surface area contributed by atoms with E-state index in [9.17, 15) is 9.59 Å². The Balaban J connectivity index is 1.41. The summed E-state index contributed by atoms with van der Waals surface area (Å²) in [5.41, 5.74) is 5.17. The number of hydrogen-bond acceptors (Lipinski definition) is 5. The summed E-state index contributed by atoms with van der Waals surface area (Å²) >= 11 is 1.39. The second-order valence-electron chi connectivity index (χ2n) is 7.49. The molecule has 0 aliphatic carbocycles.